The number of hydrogen-bond acceptors (Lipinski definition) is 3. The Kier molecular flexibility index (Phi) is 5.33. The average molecular weight is 399 g/mol. The third kappa shape index (κ3) is 3.93. The molecule has 0 aliphatic carbocycles. The number of benzene rings is 3. The van der Waals surface area contributed by atoms with Gasteiger partial charge in [0.1, 0.15) is 0 Å². The van der Waals surface area contributed by atoms with E-state index in [-0.39, 0.29) is 0 Å². The van der Waals surface area contributed by atoms with Gasteiger partial charge in [0.05, 0.1) is 5.69 Å². The molecule has 3 aromatic carbocycles. The van der Waals surface area contributed by atoms with Crippen LogP contribution in [0.4, 0.5) is 5.69 Å². The van der Waals surface area contributed by atoms with Crippen molar-refractivity contribution in [2.24, 2.45) is 0 Å². The van der Waals surface area contributed by atoms with Crippen LogP contribution in [-0.4, -0.2) is 18.6 Å². The molecule has 2 N–H and O–H groups in total. The van der Waals surface area contributed by atoms with E-state index in [0.29, 0.717) is 18.0 Å². The van der Waals surface area contributed by atoms with E-state index in [1.165, 1.54) is 33.3 Å². The summed E-state index contributed by atoms with van der Waals surface area (Å²) >= 11 is 1.82. The summed E-state index contributed by atoms with van der Waals surface area (Å²) in [4.78, 5) is 0. The molecule has 0 unspecified atom stereocenters. The molecular weight excluding hydrogens is 372 g/mol. The van der Waals surface area contributed by atoms with Gasteiger partial charge in [-0.3, -0.25) is 0 Å². The Morgan fingerprint density at radius 2 is 1.45 bits per heavy atom. The monoisotopic (exact) mass is 398 g/mol. The summed E-state index contributed by atoms with van der Waals surface area (Å²) in [6.45, 7) is 0.991. The zero-order valence-corrected chi connectivity index (χ0v) is 17.2. The van der Waals surface area contributed by atoms with Crippen molar-refractivity contribution in [3.63, 3.8) is 0 Å². The first-order valence-corrected chi connectivity index (χ1v) is 11.3. The van der Waals surface area contributed by atoms with E-state index in [9.17, 15) is 0 Å². The molecule has 0 bridgehead atoms. The minimum atomic E-state index is 0.389. The third-order valence-electron chi connectivity index (χ3n) is 6.01. The quantitative estimate of drug-likeness (QED) is 0.414. The van der Waals surface area contributed by atoms with Gasteiger partial charge in [-0.15, -0.1) is 11.3 Å². The predicted molar refractivity (Wildman–Crippen MR) is 125 cm³/mol. The topological polar surface area (TPSA) is 24.1 Å². The maximum Gasteiger partial charge on any atom is 0.0531 e. The zero-order chi connectivity index (χ0) is 19.5. The molecule has 146 valence electrons. The van der Waals surface area contributed by atoms with Crippen LogP contribution in [0.25, 0.3) is 10.1 Å². The summed E-state index contributed by atoms with van der Waals surface area (Å²) in [6.07, 6.45) is 2.34. The fraction of sp³-hybridized carbons (Fsp3) is 0.231. The zero-order valence-electron chi connectivity index (χ0n) is 16.4. The SMILES string of the molecule is c1ccc(C(c2ccccc2)[C@H]2CC[C@@H](Nc3csc4ccccc34)CN2)cc1. The summed E-state index contributed by atoms with van der Waals surface area (Å²) in [5, 5.41) is 11.3. The lowest BCUT2D eigenvalue weighted by atomic mass is 9.81. The van der Waals surface area contributed by atoms with E-state index in [1.807, 2.05) is 11.3 Å². The molecule has 2 nitrogen and oxygen atoms in total. The van der Waals surface area contributed by atoms with Crippen LogP contribution in [-0.2, 0) is 0 Å². The Balaban J connectivity index is 1.31. The highest BCUT2D eigenvalue weighted by Crippen LogP contribution is 2.34. The van der Waals surface area contributed by atoms with Crippen molar-refractivity contribution in [1.82, 2.24) is 5.32 Å². The van der Waals surface area contributed by atoms with Gasteiger partial charge in [0, 0.05) is 40.0 Å². The molecule has 4 aromatic rings. The molecule has 0 spiro atoms. The van der Waals surface area contributed by atoms with Gasteiger partial charge in [-0.05, 0) is 30.0 Å². The van der Waals surface area contributed by atoms with Gasteiger partial charge in [-0.2, -0.15) is 0 Å². The number of fused-ring (bicyclic) bond motifs is 1. The Labute approximate surface area is 176 Å². The third-order valence-corrected chi connectivity index (χ3v) is 6.98. The average Bonchev–Trinajstić information content (AvgIpc) is 3.20. The Morgan fingerprint density at radius 3 is 2.10 bits per heavy atom. The first-order valence-electron chi connectivity index (χ1n) is 10.4. The molecule has 1 aliphatic heterocycles. The number of thiophene rings is 1. The second kappa shape index (κ2) is 8.40. The number of piperidine rings is 1. The highest BCUT2D eigenvalue weighted by Gasteiger charge is 2.29. The minimum Gasteiger partial charge on any atom is -0.380 e. The number of hydrogen-bond donors (Lipinski definition) is 2. The van der Waals surface area contributed by atoms with Crippen LogP contribution >= 0.6 is 11.3 Å². The van der Waals surface area contributed by atoms with Gasteiger partial charge in [0.2, 0.25) is 0 Å². The maximum atomic E-state index is 3.87. The second-order valence-electron chi connectivity index (χ2n) is 7.88. The van der Waals surface area contributed by atoms with E-state index in [4.69, 9.17) is 0 Å². The largest absolute Gasteiger partial charge is 0.380 e. The first kappa shape index (κ1) is 18.4. The summed E-state index contributed by atoms with van der Waals surface area (Å²) in [5.74, 6) is 0.389. The lowest BCUT2D eigenvalue weighted by molar-refractivity contribution is 0.353. The first-order chi connectivity index (χ1) is 14.4. The standard InChI is InChI=1S/C26H26N2S/c1-3-9-19(10-4-1)26(20-11-5-2-6-12-20)23-16-15-21(17-27-23)28-24-18-29-25-14-8-7-13-22(24)25/h1-14,18,21,23,26-28H,15-17H2/t21-,23-/m1/s1. The summed E-state index contributed by atoms with van der Waals surface area (Å²) < 4.78 is 1.35. The molecular formula is C26H26N2S. The molecule has 1 fully saturated rings. The lowest BCUT2D eigenvalue weighted by Gasteiger charge is -2.36. The van der Waals surface area contributed by atoms with Crippen molar-refractivity contribution in [1.29, 1.82) is 0 Å². The normalized spacial score (nSPS) is 19.5. The molecule has 1 saturated heterocycles. The van der Waals surface area contributed by atoms with Crippen LogP contribution in [0.15, 0.2) is 90.3 Å². The molecule has 0 saturated carbocycles. The molecule has 1 aromatic heterocycles. The van der Waals surface area contributed by atoms with Gasteiger partial charge in [-0.1, -0.05) is 78.9 Å². The number of rotatable bonds is 5. The van der Waals surface area contributed by atoms with E-state index < -0.39 is 0 Å². The highest BCUT2D eigenvalue weighted by molar-refractivity contribution is 7.17. The van der Waals surface area contributed by atoms with Crippen molar-refractivity contribution in [2.45, 2.75) is 30.8 Å². The van der Waals surface area contributed by atoms with Crippen LogP contribution in [0.5, 0.6) is 0 Å². The molecule has 3 heteroatoms. The van der Waals surface area contributed by atoms with Crippen LogP contribution in [0.1, 0.15) is 29.9 Å². The molecule has 1 aliphatic rings. The van der Waals surface area contributed by atoms with Gasteiger partial charge < -0.3 is 10.6 Å². The Morgan fingerprint density at radius 1 is 0.793 bits per heavy atom. The summed E-state index contributed by atoms with van der Waals surface area (Å²) in [6, 6.07) is 31.5. The summed E-state index contributed by atoms with van der Waals surface area (Å²) in [7, 11) is 0. The number of anilines is 1. The predicted octanol–water partition coefficient (Wildman–Crippen LogP) is 6.27. The Bertz CT molecular complexity index is 1010. The van der Waals surface area contributed by atoms with Crippen molar-refractivity contribution in [3.8, 4) is 0 Å². The molecule has 0 radical (unpaired) electrons. The fourth-order valence-electron chi connectivity index (χ4n) is 4.57. The van der Waals surface area contributed by atoms with Crippen molar-refractivity contribution in [3.05, 3.63) is 101 Å². The van der Waals surface area contributed by atoms with E-state index in [2.05, 4.69) is 101 Å². The van der Waals surface area contributed by atoms with Gasteiger partial charge in [-0.25, -0.2) is 0 Å². The summed E-state index contributed by atoms with van der Waals surface area (Å²) in [5.41, 5.74) is 4.07. The van der Waals surface area contributed by atoms with E-state index >= 15 is 0 Å². The smallest absolute Gasteiger partial charge is 0.0531 e. The van der Waals surface area contributed by atoms with Crippen LogP contribution in [0, 0.1) is 0 Å². The van der Waals surface area contributed by atoms with Crippen LogP contribution in [0.2, 0.25) is 0 Å². The van der Waals surface area contributed by atoms with Crippen LogP contribution < -0.4 is 10.6 Å². The Hall–Kier alpha value is -2.62. The molecule has 2 heterocycles. The van der Waals surface area contributed by atoms with Crippen LogP contribution in [0.3, 0.4) is 0 Å². The van der Waals surface area contributed by atoms with Gasteiger partial charge in [0.25, 0.3) is 0 Å². The maximum absolute atomic E-state index is 3.87. The van der Waals surface area contributed by atoms with E-state index in [0.717, 1.165) is 13.0 Å². The molecule has 5 rings (SSSR count). The van der Waals surface area contributed by atoms with Crippen molar-refractivity contribution < 1.29 is 0 Å². The van der Waals surface area contributed by atoms with Gasteiger partial charge in [0.15, 0.2) is 0 Å². The molecule has 29 heavy (non-hydrogen) atoms. The molecule has 0 amide bonds. The fourth-order valence-corrected chi connectivity index (χ4v) is 5.48. The van der Waals surface area contributed by atoms with E-state index in [1.54, 1.807) is 0 Å². The van der Waals surface area contributed by atoms with Gasteiger partial charge >= 0.3 is 0 Å². The second-order valence-corrected chi connectivity index (χ2v) is 8.79. The van der Waals surface area contributed by atoms with Crippen molar-refractivity contribution in [2.75, 3.05) is 11.9 Å². The van der Waals surface area contributed by atoms with Crippen molar-refractivity contribution >= 4 is 27.1 Å². The highest BCUT2D eigenvalue weighted by atomic mass is 32.1. The lowest BCUT2D eigenvalue weighted by Crippen LogP contribution is -2.47. The number of nitrogens with one attached hydrogen (secondary N) is 2. The minimum absolute atomic E-state index is 0.389. The molecule has 2 atom stereocenters.